The van der Waals surface area contributed by atoms with Crippen LogP contribution in [0, 0.1) is 0 Å². The van der Waals surface area contributed by atoms with Gasteiger partial charge in [-0.3, -0.25) is 9.59 Å². The van der Waals surface area contributed by atoms with Crippen LogP contribution in [0.5, 0.6) is 0 Å². The van der Waals surface area contributed by atoms with Gasteiger partial charge < -0.3 is 15.2 Å². The highest BCUT2D eigenvalue weighted by Crippen LogP contribution is 2.18. The van der Waals surface area contributed by atoms with Crippen LogP contribution >= 0.6 is 0 Å². The van der Waals surface area contributed by atoms with E-state index in [1.165, 1.54) is 12.8 Å². The zero-order valence-electron chi connectivity index (χ0n) is 10.2. The smallest absolute Gasteiger partial charge is 0.268 e. The van der Waals surface area contributed by atoms with Crippen LogP contribution in [0.4, 0.5) is 0 Å². The summed E-state index contributed by atoms with van der Waals surface area (Å²) in [4.78, 5) is 23.9. The molecule has 1 unspecified atom stereocenters. The Kier molecular flexibility index (Phi) is 2.81. The second-order valence-electron chi connectivity index (χ2n) is 5.06. The predicted octanol–water partition coefficient (Wildman–Crippen LogP) is 0.659. The Balaban J connectivity index is 1.67. The molecule has 1 fully saturated rings. The minimum absolute atomic E-state index is 0.0606. The van der Waals surface area contributed by atoms with Crippen LogP contribution in [-0.4, -0.2) is 28.5 Å². The predicted molar refractivity (Wildman–Crippen MR) is 66.1 cm³/mol. The molecule has 1 aliphatic heterocycles. The van der Waals surface area contributed by atoms with Gasteiger partial charge in [-0.1, -0.05) is 12.8 Å². The molecule has 5 nitrogen and oxygen atoms in total. The number of nitrogens with one attached hydrogen (secondary N) is 2. The summed E-state index contributed by atoms with van der Waals surface area (Å²) < 4.78 is 1.83. The molecule has 1 saturated carbocycles. The summed E-state index contributed by atoms with van der Waals surface area (Å²) in [6.07, 6.45) is 6.32. The molecule has 0 bridgehead atoms. The average Bonchev–Trinajstić information content (AvgIpc) is 2.98. The zero-order valence-corrected chi connectivity index (χ0v) is 10.2. The molecule has 2 amide bonds. The Morgan fingerprint density at radius 3 is 2.94 bits per heavy atom. The van der Waals surface area contributed by atoms with Gasteiger partial charge in [-0.2, -0.15) is 0 Å². The standard InChI is InChI=1S/C13H17N3O2/c17-12(14-9-4-1-2-5-9)10-8-16-7-3-6-11(16)13(18)15-10/h3,6-7,9-10H,1-2,4-5,8H2,(H,14,17)(H,15,18). The third-order valence-electron chi connectivity index (χ3n) is 3.76. The lowest BCUT2D eigenvalue weighted by atomic mass is 10.1. The van der Waals surface area contributed by atoms with Crippen molar-refractivity contribution in [2.75, 3.05) is 0 Å². The molecule has 1 aliphatic carbocycles. The van der Waals surface area contributed by atoms with Crippen molar-refractivity contribution in [1.29, 1.82) is 0 Å². The first-order chi connectivity index (χ1) is 8.74. The molecule has 1 atom stereocenters. The van der Waals surface area contributed by atoms with Gasteiger partial charge in [-0.05, 0) is 25.0 Å². The lowest BCUT2D eigenvalue weighted by molar-refractivity contribution is -0.124. The molecule has 96 valence electrons. The van der Waals surface area contributed by atoms with E-state index < -0.39 is 6.04 Å². The van der Waals surface area contributed by atoms with Crippen LogP contribution in [-0.2, 0) is 11.3 Å². The van der Waals surface area contributed by atoms with Crippen molar-refractivity contribution >= 4 is 11.8 Å². The summed E-state index contributed by atoms with van der Waals surface area (Å²) in [5, 5.41) is 5.79. The van der Waals surface area contributed by atoms with E-state index in [0.717, 1.165) is 12.8 Å². The molecular formula is C13H17N3O2. The summed E-state index contributed by atoms with van der Waals surface area (Å²) in [7, 11) is 0. The first-order valence-electron chi connectivity index (χ1n) is 6.50. The van der Waals surface area contributed by atoms with Crippen molar-refractivity contribution in [3.8, 4) is 0 Å². The lowest BCUT2D eigenvalue weighted by Crippen LogP contribution is -2.54. The van der Waals surface area contributed by atoms with Gasteiger partial charge in [0, 0.05) is 12.2 Å². The molecule has 2 heterocycles. The summed E-state index contributed by atoms with van der Waals surface area (Å²) in [6.45, 7) is 0.520. The monoisotopic (exact) mass is 247 g/mol. The summed E-state index contributed by atoms with van der Waals surface area (Å²) in [5.41, 5.74) is 0.625. The number of rotatable bonds is 2. The molecule has 1 aromatic heterocycles. The largest absolute Gasteiger partial charge is 0.352 e. The molecular weight excluding hydrogens is 230 g/mol. The van der Waals surface area contributed by atoms with E-state index >= 15 is 0 Å². The third-order valence-corrected chi connectivity index (χ3v) is 3.76. The van der Waals surface area contributed by atoms with Crippen LogP contribution < -0.4 is 10.6 Å². The minimum atomic E-state index is -0.446. The van der Waals surface area contributed by atoms with E-state index in [0.29, 0.717) is 18.3 Å². The van der Waals surface area contributed by atoms with Gasteiger partial charge >= 0.3 is 0 Å². The maximum Gasteiger partial charge on any atom is 0.268 e. The fourth-order valence-corrected chi connectivity index (χ4v) is 2.77. The van der Waals surface area contributed by atoms with Gasteiger partial charge in [0.05, 0.1) is 6.54 Å². The van der Waals surface area contributed by atoms with Crippen molar-refractivity contribution in [2.45, 2.75) is 44.3 Å². The number of carbonyl (C=O) groups excluding carboxylic acids is 2. The second kappa shape index (κ2) is 4.48. The van der Waals surface area contributed by atoms with Crippen molar-refractivity contribution in [3.63, 3.8) is 0 Å². The molecule has 3 rings (SSSR count). The van der Waals surface area contributed by atoms with E-state index in [2.05, 4.69) is 10.6 Å². The van der Waals surface area contributed by atoms with Gasteiger partial charge in [0.1, 0.15) is 11.7 Å². The Morgan fingerprint density at radius 2 is 2.17 bits per heavy atom. The molecule has 5 heteroatoms. The van der Waals surface area contributed by atoms with Gasteiger partial charge in [-0.15, -0.1) is 0 Å². The number of aromatic nitrogens is 1. The second-order valence-corrected chi connectivity index (χ2v) is 5.06. The topological polar surface area (TPSA) is 63.1 Å². The number of nitrogens with zero attached hydrogens (tertiary/aromatic N) is 1. The molecule has 0 aromatic carbocycles. The van der Waals surface area contributed by atoms with Crippen LogP contribution in [0.15, 0.2) is 18.3 Å². The molecule has 18 heavy (non-hydrogen) atoms. The van der Waals surface area contributed by atoms with Crippen molar-refractivity contribution in [2.24, 2.45) is 0 Å². The summed E-state index contributed by atoms with van der Waals surface area (Å²) in [6, 6.07) is 3.44. The molecule has 1 aromatic rings. The first kappa shape index (κ1) is 11.3. The molecule has 0 radical (unpaired) electrons. The highest BCUT2D eigenvalue weighted by Gasteiger charge is 2.30. The number of carbonyl (C=O) groups is 2. The maximum absolute atomic E-state index is 12.1. The summed E-state index contributed by atoms with van der Waals surface area (Å²) in [5.74, 6) is -0.229. The Bertz CT molecular complexity index is 474. The van der Waals surface area contributed by atoms with E-state index in [-0.39, 0.29) is 11.8 Å². The first-order valence-corrected chi connectivity index (χ1v) is 6.50. The van der Waals surface area contributed by atoms with Crippen LogP contribution in [0.25, 0.3) is 0 Å². The lowest BCUT2D eigenvalue weighted by Gasteiger charge is -2.26. The molecule has 0 saturated heterocycles. The molecule has 0 spiro atoms. The van der Waals surface area contributed by atoms with Crippen molar-refractivity contribution in [3.05, 3.63) is 24.0 Å². The SMILES string of the molecule is O=C1NC(C(=O)NC2CCCC2)Cn2cccc21. The Hall–Kier alpha value is -1.78. The van der Waals surface area contributed by atoms with Gasteiger partial charge in [0.2, 0.25) is 5.91 Å². The fraction of sp³-hybridized carbons (Fsp3) is 0.538. The van der Waals surface area contributed by atoms with Crippen LogP contribution in [0.3, 0.4) is 0 Å². The average molecular weight is 247 g/mol. The van der Waals surface area contributed by atoms with Crippen LogP contribution in [0.2, 0.25) is 0 Å². The quantitative estimate of drug-likeness (QED) is 0.806. The summed E-state index contributed by atoms with van der Waals surface area (Å²) >= 11 is 0. The highest BCUT2D eigenvalue weighted by atomic mass is 16.2. The van der Waals surface area contributed by atoms with Crippen molar-refractivity contribution in [1.82, 2.24) is 15.2 Å². The van der Waals surface area contributed by atoms with Crippen molar-refractivity contribution < 1.29 is 9.59 Å². The molecule has 2 N–H and O–H groups in total. The van der Waals surface area contributed by atoms with Gasteiger partial charge in [-0.25, -0.2) is 0 Å². The van der Waals surface area contributed by atoms with Gasteiger partial charge in [0.25, 0.3) is 5.91 Å². The number of hydrogen-bond acceptors (Lipinski definition) is 2. The highest BCUT2D eigenvalue weighted by molar-refractivity contribution is 5.97. The zero-order chi connectivity index (χ0) is 12.5. The van der Waals surface area contributed by atoms with Crippen LogP contribution in [0.1, 0.15) is 36.2 Å². The van der Waals surface area contributed by atoms with E-state index in [4.69, 9.17) is 0 Å². The number of amides is 2. The normalized spacial score (nSPS) is 23.6. The minimum Gasteiger partial charge on any atom is -0.352 e. The maximum atomic E-state index is 12.1. The van der Waals surface area contributed by atoms with E-state index in [9.17, 15) is 9.59 Å². The number of hydrogen-bond donors (Lipinski definition) is 2. The third kappa shape index (κ3) is 2.00. The van der Waals surface area contributed by atoms with E-state index in [1.54, 1.807) is 6.07 Å². The Morgan fingerprint density at radius 1 is 1.39 bits per heavy atom. The van der Waals surface area contributed by atoms with Gasteiger partial charge in [0.15, 0.2) is 0 Å². The Labute approximate surface area is 106 Å². The number of fused-ring (bicyclic) bond motifs is 1. The fourth-order valence-electron chi connectivity index (χ4n) is 2.77. The molecule has 2 aliphatic rings. The van der Waals surface area contributed by atoms with E-state index in [1.807, 2.05) is 16.8 Å².